The molecule has 2 heterocycles. The van der Waals surface area contributed by atoms with Crippen LogP contribution in [0.1, 0.15) is 49.5 Å². The molecule has 0 radical (unpaired) electrons. The van der Waals surface area contributed by atoms with Gasteiger partial charge >= 0.3 is 0 Å². The van der Waals surface area contributed by atoms with Crippen molar-refractivity contribution in [3.8, 4) is 11.5 Å². The number of hydrogen-bond donors (Lipinski definition) is 1. The number of ketones is 1. The molecule has 30 heavy (non-hydrogen) atoms. The normalized spacial score (nSPS) is 21.8. The van der Waals surface area contributed by atoms with Gasteiger partial charge in [0.1, 0.15) is 34.6 Å². The van der Waals surface area contributed by atoms with E-state index < -0.39 is 17.7 Å². The van der Waals surface area contributed by atoms with Crippen LogP contribution in [0.25, 0.3) is 5.76 Å². The van der Waals surface area contributed by atoms with E-state index in [4.69, 9.17) is 13.9 Å². The zero-order valence-corrected chi connectivity index (χ0v) is 17.1. The van der Waals surface area contributed by atoms with Gasteiger partial charge in [-0.2, -0.15) is 0 Å². The van der Waals surface area contributed by atoms with E-state index in [1.807, 2.05) is 0 Å². The predicted molar refractivity (Wildman–Crippen MR) is 109 cm³/mol. The summed E-state index contributed by atoms with van der Waals surface area (Å²) < 4.78 is 16.4. The molecule has 2 aliphatic rings. The summed E-state index contributed by atoms with van der Waals surface area (Å²) in [6.45, 7) is 0. The standard InChI is InChI=1S/C23H25NO6/c1-28-15-10-6-11-16(29-2)18(15)21(25)19-20(17-12-7-13-30-17)24(23(27)22(19)26)14-8-4-3-5-9-14/h6-7,10-14,20,25H,3-5,8-9H2,1-2H3/b21-19+. The summed E-state index contributed by atoms with van der Waals surface area (Å²) in [4.78, 5) is 27.8. The maximum Gasteiger partial charge on any atom is 0.296 e. The van der Waals surface area contributed by atoms with E-state index in [1.165, 1.54) is 20.5 Å². The summed E-state index contributed by atoms with van der Waals surface area (Å²) in [5, 5.41) is 11.3. The van der Waals surface area contributed by atoms with Crippen LogP contribution in [0.3, 0.4) is 0 Å². The van der Waals surface area contributed by atoms with Crippen molar-refractivity contribution in [2.24, 2.45) is 0 Å². The van der Waals surface area contributed by atoms with Crippen molar-refractivity contribution in [2.45, 2.75) is 44.2 Å². The molecular formula is C23H25NO6. The minimum Gasteiger partial charge on any atom is -0.506 e. The van der Waals surface area contributed by atoms with Crippen molar-refractivity contribution in [1.29, 1.82) is 0 Å². The summed E-state index contributed by atoms with van der Waals surface area (Å²) in [7, 11) is 2.94. The van der Waals surface area contributed by atoms with Gasteiger partial charge in [-0.1, -0.05) is 25.3 Å². The van der Waals surface area contributed by atoms with E-state index >= 15 is 0 Å². The third-order valence-electron chi connectivity index (χ3n) is 5.93. The van der Waals surface area contributed by atoms with Crippen LogP contribution in [-0.2, 0) is 9.59 Å². The van der Waals surface area contributed by atoms with Crippen molar-refractivity contribution in [3.63, 3.8) is 0 Å². The van der Waals surface area contributed by atoms with Crippen LogP contribution in [0.15, 0.2) is 46.6 Å². The fourth-order valence-corrected chi connectivity index (χ4v) is 4.53. The second kappa shape index (κ2) is 8.26. The van der Waals surface area contributed by atoms with Crippen molar-refractivity contribution >= 4 is 17.4 Å². The number of amides is 1. The third kappa shape index (κ3) is 3.24. The van der Waals surface area contributed by atoms with Crippen molar-refractivity contribution in [3.05, 3.63) is 53.5 Å². The summed E-state index contributed by atoms with van der Waals surface area (Å²) >= 11 is 0. The van der Waals surface area contributed by atoms with E-state index in [1.54, 1.807) is 35.2 Å². The number of methoxy groups -OCH3 is 2. The minimum absolute atomic E-state index is 0.0108. The van der Waals surface area contributed by atoms with Gasteiger partial charge in [-0.15, -0.1) is 0 Å². The van der Waals surface area contributed by atoms with E-state index in [0.29, 0.717) is 17.3 Å². The van der Waals surface area contributed by atoms with E-state index in [9.17, 15) is 14.7 Å². The second-order valence-electron chi connectivity index (χ2n) is 7.55. The summed E-state index contributed by atoms with van der Waals surface area (Å²) in [5.41, 5.74) is 0.226. The lowest BCUT2D eigenvalue weighted by atomic mass is 9.92. The van der Waals surface area contributed by atoms with Crippen LogP contribution in [0.2, 0.25) is 0 Å². The van der Waals surface area contributed by atoms with Gasteiger partial charge in [0.15, 0.2) is 0 Å². The Morgan fingerprint density at radius 2 is 1.70 bits per heavy atom. The van der Waals surface area contributed by atoms with Crippen LogP contribution < -0.4 is 9.47 Å². The van der Waals surface area contributed by atoms with Gasteiger partial charge in [0, 0.05) is 6.04 Å². The number of nitrogens with zero attached hydrogens (tertiary/aromatic N) is 1. The highest BCUT2D eigenvalue weighted by atomic mass is 16.5. The first-order valence-electron chi connectivity index (χ1n) is 10.1. The van der Waals surface area contributed by atoms with Crippen LogP contribution in [0.5, 0.6) is 11.5 Å². The second-order valence-corrected chi connectivity index (χ2v) is 7.55. The lowest BCUT2D eigenvalue weighted by molar-refractivity contribution is -0.142. The SMILES string of the molecule is COc1cccc(OC)c1/C(O)=C1\C(=O)C(=O)N(C2CCCCC2)C1c1ccco1. The van der Waals surface area contributed by atoms with Gasteiger partial charge < -0.3 is 23.9 Å². The maximum absolute atomic E-state index is 13.1. The zero-order valence-electron chi connectivity index (χ0n) is 17.1. The monoisotopic (exact) mass is 411 g/mol. The van der Waals surface area contributed by atoms with Gasteiger partial charge in [0.2, 0.25) is 0 Å². The molecule has 158 valence electrons. The maximum atomic E-state index is 13.1. The lowest BCUT2D eigenvalue weighted by Crippen LogP contribution is -2.40. The van der Waals surface area contributed by atoms with Crippen LogP contribution in [0.4, 0.5) is 0 Å². The molecule has 1 amide bonds. The topological polar surface area (TPSA) is 89.2 Å². The number of hydrogen-bond acceptors (Lipinski definition) is 6. The lowest BCUT2D eigenvalue weighted by Gasteiger charge is -2.34. The fourth-order valence-electron chi connectivity index (χ4n) is 4.53. The van der Waals surface area contributed by atoms with Crippen molar-refractivity contribution in [1.82, 2.24) is 4.90 Å². The number of furan rings is 1. The van der Waals surface area contributed by atoms with Crippen molar-refractivity contribution in [2.75, 3.05) is 14.2 Å². The summed E-state index contributed by atoms with van der Waals surface area (Å²) in [5.74, 6) is -0.550. The largest absolute Gasteiger partial charge is 0.506 e. The number of likely N-dealkylation sites (tertiary alicyclic amines) is 1. The number of carbonyl (C=O) groups is 2. The number of rotatable bonds is 5. The molecule has 1 N–H and O–H groups in total. The molecule has 7 heteroatoms. The number of aliphatic hydroxyl groups is 1. The average molecular weight is 411 g/mol. The first-order valence-corrected chi connectivity index (χ1v) is 10.1. The van der Waals surface area contributed by atoms with Gasteiger partial charge in [-0.05, 0) is 37.1 Å². The van der Waals surface area contributed by atoms with Gasteiger partial charge in [0.05, 0.1) is 26.1 Å². The number of ether oxygens (including phenoxy) is 2. The molecule has 7 nitrogen and oxygen atoms in total. The molecule has 1 unspecified atom stereocenters. The molecule has 1 aliphatic carbocycles. The molecule has 2 fully saturated rings. The third-order valence-corrected chi connectivity index (χ3v) is 5.93. The molecule has 0 spiro atoms. The first-order chi connectivity index (χ1) is 14.6. The van der Waals surface area contributed by atoms with Gasteiger partial charge in [-0.3, -0.25) is 9.59 Å². The molecule has 1 aliphatic heterocycles. The number of benzene rings is 1. The van der Waals surface area contributed by atoms with Crippen LogP contribution in [-0.4, -0.2) is 42.0 Å². The smallest absolute Gasteiger partial charge is 0.296 e. The molecule has 1 aromatic carbocycles. The Bertz CT molecular complexity index is 949. The minimum atomic E-state index is -0.794. The Balaban J connectivity index is 1.91. The molecule has 1 saturated carbocycles. The number of aliphatic hydroxyl groups excluding tert-OH is 1. The molecule has 1 aromatic heterocycles. The first kappa shape index (κ1) is 20.1. The highest BCUT2D eigenvalue weighted by molar-refractivity contribution is 6.46. The van der Waals surface area contributed by atoms with Gasteiger partial charge in [-0.25, -0.2) is 0 Å². The van der Waals surface area contributed by atoms with E-state index in [0.717, 1.165) is 32.1 Å². The molecule has 0 bridgehead atoms. The summed E-state index contributed by atoms with van der Waals surface area (Å²) in [6, 6.07) is 7.61. The fraction of sp³-hybridized carbons (Fsp3) is 0.391. The Morgan fingerprint density at radius 1 is 1.03 bits per heavy atom. The van der Waals surface area contributed by atoms with Crippen LogP contribution in [0, 0.1) is 0 Å². The molecule has 4 rings (SSSR count). The summed E-state index contributed by atoms with van der Waals surface area (Å²) in [6.07, 6.45) is 6.26. The average Bonchev–Trinajstić information content (AvgIpc) is 3.40. The highest BCUT2D eigenvalue weighted by Gasteiger charge is 2.50. The Labute approximate surface area is 174 Å². The van der Waals surface area contributed by atoms with E-state index in [-0.39, 0.29) is 22.9 Å². The van der Waals surface area contributed by atoms with E-state index in [2.05, 4.69) is 0 Å². The van der Waals surface area contributed by atoms with Gasteiger partial charge in [0.25, 0.3) is 11.7 Å². The Morgan fingerprint density at radius 3 is 2.27 bits per heavy atom. The van der Waals surface area contributed by atoms with Crippen molar-refractivity contribution < 1.29 is 28.6 Å². The molecule has 1 atom stereocenters. The quantitative estimate of drug-likeness (QED) is 0.454. The number of carbonyl (C=O) groups excluding carboxylic acids is 2. The predicted octanol–water partition coefficient (Wildman–Crippen LogP) is 4.05. The molecule has 1 saturated heterocycles. The molecule has 2 aromatic rings. The number of Topliss-reactive ketones (excluding diaryl/α,β-unsaturated/α-hetero) is 1. The molecular weight excluding hydrogens is 386 g/mol. The highest BCUT2D eigenvalue weighted by Crippen LogP contribution is 2.45. The zero-order chi connectivity index (χ0) is 21.3. The Kier molecular flexibility index (Phi) is 5.53. The Hall–Kier alpha value is -3.22. The van der Waals surface area contributed by atoms with Crippen LogP contribution >= 0.6 is 0 Å².